The maximum atomic E-state index is 13.8. The van der Waals surface area contributed by atoms with E-state index in [0.717, 1.165) is 17.7 Å². The molecular formula is C19H20ClFN2O5S. The standard InChI is InChI=1S/C19H20ClFN2O5S/c1-11(24)17(22-18(26)14-7-13(20)3-4-15(14)21)19(27)28-9-16(25)23(2)8-12-5-6-29-10-12/h3-7,10-11,17,24H,8-9H2,1-2H3,(H,22,26). The van der Waals surface area contributed by atoms with Crippen LogP contribution < -0.4 is 5.32 Å². The monoisotopic (exact) mass is 442 g/mol. The van der Waals surface area contributed by atoms with Crippen LogP contribution in [0, 0.1) is 5.82 Å². The van der Waals surface area contributed by atoms with Gasteiger partial charge in [-0.1, -0.05) is 11.6 Å². The summed E-state index contributed by atoms with van der Waals surface area (Å²) in [5, 5.41) is 15.9. The molecule has 0 saturated heterocycles. The van der Waals surface area contributed by atoms with E-state index in [0.29, 0.717) is 6.54 Å². The number of amides is 2. The first-order valence-corrected chi connectivity index (χ1v) is 9.86. The van der Waals surface area contributed by atoms with Crippen LogP contribution in [-0.2, 0) is 20.9 Å². The normalized spacial score (nSPS) is 12.7. The number of ether oxygens (including phenoxy) is 1. The number of aliphatic hydroxyl groups excluding tert-OH is 1. The van der Waals surface area contributed by atoms with Crippen LogP contribution >= 0.6 is 22.9 Å². The fourth-order valence-electron chi connectivity index (χ4n) is 2.34. The number of hydrogen-bond acceptors (Lipinski definition) is 6. The van der Waals surface area contributed by atoms with Gasteiger partial charge in [0.1, 0.15) is 5.82 Å². The number of hydrogen-bond donors (Lipinski definition) is 2. The highest BCUT2D eigenvalue weighted by Crippen LogP contribution is 2.15. The number of carbonyl (C=O) groups excluding carboxylic acids is 3. The molecule has 2 aromatic rings. The number of aliphatic hydroxyl groups is 1. The third-order valence-corrected chi connectivity index (χ3v) is 4.93. The summed E-state index contributed by atoms with van der Waals surface area (Å²) in [6.07, 6.45) is -1.34. The molecule has 0 bridgehead atoms. The van der Waals surface area contributed by atoms with Crippen LogP contribution in [0.3, 0.4) is 0 Å². The van der Waals surface area contributed by atoms with Crippen molar-refractivity contribution >= 4 is 40.7 Å². The molecule has 2 atom stereocenters. The van der Waals surface area contributed by atoms with E-state index in [2.05, 4.69) is 5.32 Å². The quantitative estimate of drug-likeness (QED) is 0.611. The Bertz CT molecular complexity index is 875. The molecule has 1 heterocycles. The fraction of sp³-hybridized carbons (Fsp3) is 0.316. The number of carbonyl (C=O) groups is 3. The van der Waals surface area contributed by atoms with Gasteiger partial charge in [-0.3, -0.25) is 9.59 Å². The van der Waals surface area contributed by atoms with Gasteiger partial charge < -0.3 is 20.1 Å². The minimum atomic E-state index is -1.49. The molecule has 2 unspecified atom stereocenters. The zero-order valence-corrected chi connectivity index (χ0v) is 17.3. The van der Waals surface area contributed by atoms with E-state index in [4.69, 9.17) is 16.3 Å². The number of nitrogens with one attached hydrogen (secondary N) is 1. The van der Waals surface area contributed by atoms with Gasteiger partial charge in [0, 0.05) is 18.6 Å². The second-order valence-electron chi connectivity index (χ2n) is 6.31. The maximum absolute atomic E-state index is 13.8. The molecule has 2 N–H and O–H groups in total. The van der Waals surface area contributed by atoms with Gasteiger partial charge in [0.25, 0.3) is 11.8 Å². The number of likely N-dealkylation sites (N-methyl/N-ethyl adjacent to an activating group) is 1. The van der Waals surface area contributed by atoms with Crippen LogP contribution in [0.15, 0.2) is 35.0 Å². The van der Waals surface area contributed by atoms with Crippen molar-refractivity contribution in [1.29, 1.82) is 0 Å². The molecule has 0 fully saturated rings. The molecule has 156 valence electrons. The summed E-state index contributed by atoms with van der Waals surface area (Å²) in [7, 11) is 1.56. The smallest absolute Gasteiger partial charge is 0.331 e. The van der Waals surface area contributed by atoms with Crippen molar-refractivity contribution in [2.75, 3.05) is 13.7 Å². The zero-order chi connectivity index (χ0) is 21.6. The van der Waals surface area contributed by atoms with E-state index in [1.807, 2.05) is 16.8 Å². The number of esters is 1. The first-order valence-electron chi connectivity index (χ1n) is 8.54. The second kappa shape index (κ2) is 10.3. The molecule has 7 nitrogen and oxygen atoms in total. The molecule has 0 spiro atoms. The first kappa shape index (κ1) is 22.8. The minimum absolute atomic E-state index is 0.131. The van der Waals surface area contributed by atoms with Crippen LogP contribution in [0.2, 0.25) is 5.02 Å². The predicted octanol–water partition coefficient (Wildman–Crippen LogP) is 2.22. The number of nitrogens with zero attached hydrogens (tertiary/aromatic N) is 1. The summed E-state index contributed by atoms with van der Waals surface area (Å²) in [6.45, 7) is 1.04. The van der Waals surface area contributed by atoms with Crippen molar-refractivity contribution in [2.45, 2.75) is 25.6 Å². The Labute approximate surface area is 176 Å². The van der Waals surface area contributed by atoms with Crippen molar-refractivity contribution in [1.82, 2.24) is 10.2 Å². The van der Waals surface area contributed by atoms with E-state index < -0.39 is 42.4 Å². The molecule has 1 aromatic heterocycles. The van der Waals surface area contributed by atoms with Gasteiger partial charge in [-0.25, -0.2) is 9.18 Å². The van der Waals surface area contributed by atoms with Crippen molar-refractivity contribution in [3.63, 3.8) is 0 Å². The molecular weight excluding hydrogens is 423 g/mol. The maximum Gasteiger partial charge on any atom is 0.331 e. The molecule has 0 aliphatic carbocycles. The summed E-state index contributed by atoms with van der Waals surface area (Å²) in [5.41, 5.74) is 0.553. The number of halogens is 2. The van der Waals surface area contributed by atoms with Crippen LogP contribution in [-0.4, -0.2) is 53.6 Å². The molecule has 1 aromatic carbocycles. The van der Waals surface area contributed by atoms with Crippen molar-refractivity contribution < 1.29 is 28.6 Å². The number of rotatable bonds is 8. The third-order valence-electron chi connectivity index (χ3n) is 3.96. The lowest BCUT2D eigenvalue weighted by Gasteiger charge is -2.21. The van der Waals surface area contributed by atoms with Crippen LogP contribution in [0.25, 0.3) is 0 Å². The molecule has 0 radical (unpaired) electrons. The van der Waals surface area contributed by atoms with Crippen LogP contribution in [0.5, 0.6) is 0 Å². The Morgan fingerprint density at radius 3 is 2.69 bits per heavy atom. The Hall–Kier alpha value is -2.49. The minimum Gasteiger partial charge on any atom is -0.454 e. The summed E-state index contributed by atoms with van der Waals surface area (Å²) in [6, 6.07) is 3.76. The summed E-state index contributed by atoms with van der Waals surface area (Å²) < 4.78 is 18.8. The lowest BCUT2D eigenvalue weighted by atomic mass is 10.1. The lowest BCUT2D eigenvalue weighted by Crippen LogP contribution is -2.49. The Morgan fingerprint density at radius 1 is 1.34 bits per heavy atom. The molecule has 0 saturated carbocycles. The van der Waals surface area contributed by atoms with Crippen molar-refractivity contribution in [3.8, 4) is 0 Å². The van der Waals surface area contributed by atoms with Gasteiger partial charge in [0.15, 0.2) is 12.6 Å². The first-order chi connectivity index (χ1) is 13.7. The van der Waals surface area contributed by atoms with Crippen molar-refractivity contribution in [3.05, 3.63) is 57.0 Å². The highest BCUT2D eigenvalue weighted by Gasteiger charge is 2.29. The summed E-state index contributed by atoms with van der Waals surface area (Å²) in [4.78, 5) is 38.0. The van der Waals surface area contributed by atoms with E-state index >= 15 is 0 Å². The Kier molecular flexibility index (Phi) is 8.12. The molecule has 29 heavy (non-hydrogen) atoms. The van der Waals surface area contributed by atoms with E-state index in [-0.39, 0.29) is 10.6 Å². The van der Waals surface area contributed by atoms with Gasteiger partial charge in [0.2, 0.25) is 0 Å². The van der Waals surface area contributed by atoms with Gasteiger partial charge >= 0.3 is 5.97 Å². The van der Waals surface area contributed by atoms with Crippen LogP contribution in [0.1, 0.15) is 22.8 Å². The lowest BCUT2D eigenvalue weighted by molar-refractivity contribution is -0.155. The average molecular weight is 443 g/mol. The molecule has 0 aliphatic rings. The van der Waals surface area contributed by atoms with E-state index in [1.165, 1.54) is 29.2 Å². The molecule has 2 amide bonds. The van der Waals surface area contributed by atoms with Gasteiger partial charge in [-0.2, -0.15) is 11.3 Å². The Balaban J connectivity index is 1.95. The largest absolute Gasteiger partial charge is 0.454 e. The topological polar surface area (TPSA) is 95.9 Å². The zero-order valence-electron chi connectivity index (χ0n) is 15.7. The molecule has 10 heteroatoms. The molecule has 0 aliphatic heterocycles. The summed E-state index contributed by atoms with van der Waals surface area (Å²) >= 11 is 7.26. The van der Waals surface area contributed by atoms with Gasteiger partial charge in [-0.05, 0) is 47.5 Å². The highest BCUT2D eigenvalue weighted by molar-refractivity contribution is 7.07. The third kappa shape index (κ3) is 6.52. The van der Waals surface area contributed by atoms with Crippen molar-refractivity contribution in [2.24, 2.45) is 0 Å². The van der Waals surface area contributed by atoms with Gasteiger partial charge in [0.05, 0.1) is 11.7 Å². The average Bonchev–Trinajstić information content (AvgIpc) is 3.18. The van der Waals surface area contributed by atoms with Gasteiger partial charge in [-0.15, -0.1) is 0 Å². The Morgan fingerprint density at radius 2 is 2.07 bits per heavy atom. The predicted molar refractivity (Wildman–Crippen MR) is 106 cm³/mol. The fourth-order valence-corrected chi connectivity index (χ4v) is 3.18. The number of thiophene rings is 1. The number of benzene rings is 1. The van der Waals surface area contributed by atoms with E-state index in [9.17, 15) is 23.9 Å². The SMILES string of the molecule is CC(O)C(NC(=O)c1cc(Cl)ccc1F)C(=O)OCC(=O)N(C)Cc1ccsc1. The van der Waals surface area contributed by atoms with Crippen LogP contribution in [0.4, 0.5) is 4.39 Å². The summed E-state index contributed by atoms with van der Waals surface area (Å²) in [5.74, 6) is -3.27. The highest BCUT2D eigenvalue weighted by atomic mass is 35.5. The van der Waals surface area contributed by atoms with E-state index in [1.54, 1.807) is 7.05 Å². The second-order valence-corrected chi connectivity index (χ2v) is 7.52. The molecule has 2 rings (SSSR count).